The molecule has 6 heteroatoms. The summed E-state index contributed by atoms with van der Waals surface area (Å²) >= 11 is 1.16. The van der Waals surface area contributed by atoms with E-state index in [0.717, 1.165) is 31.0 Å². The Hall–Kier alpha value is -1.01. The Labute approximate surface area is 93.6 Å². The highest BCUT2D eigenvalue weighted by atomic mass is 32.1. The van der Waals surface area contributed by atoms with Crippen molar-refractivity contribution in [2.24, 2.45) is 0 Å². The third kappa shape index (κ3) is 3.24. The van der Waals surface area contributed by atoms with Crippen molar-refractivity contribution >= 4 is 17.4 Å². The first-order chi connectivity index (χ1) is 7.16. The largest absolute Gasteiger partial charge is 0.341 e. The number of amides is 1. The van der Waals surface area contributed by atoms with Crippen molar-refractivity contribution in [2.75, 3.05) is 27.2 Å². The van der Waals surface area contributed by atoms with Gasteiger partial charge in [-0.1, -0.05) is 4.49 Å². The molecule has 15 heavy (non-hydrogen) atoms. The molecule has 0 fully saturated rings. The SMILES string of the molecule is CNCCCN(C)C(=O)c1snnc1C. The van der Waals surface area contributed by atoms with Crippen LogP contribution in [-0.2, 0) is 0 Å². The van der Waals surface area contributed by atoms with Gasteiger partial charge in [0.2, 0.25) is 0 Å². The molecule has 0 radical (unpaired) electrons. The molecule has 0 bridgehead atoms. The van der Waals surface area contributed by atoms with Gasteiger partial charge in [-0.05, 0) is 38.5 Å². The van der Waals surface area contributed by atoms with Gasteiger partial charge < -0.3 is 10.2 Å². The number of hydrogen-bond donors (Lipinski definition) is 1. The molecule has 0 saturated carbocycles. The van der Waals surface area contributed by atoms with E-state index < -0.39 is 0 Å². The Morgan fingerprint density at radius 2 is 2.33 bits per heavy atom. The van der Waals surface area contributed by atoms with Gasteiger partial charge in [0.25, 0.3) is 5.91 Å². The minimum atomic E-state index is 0.0126. The first-order valence-electron chi connectivity index (χ1n) is 4.86. The Balaban J connectivity index is 2.50. The normalized spacial score (nSPS) is 10.3. The molecule has 1 rings (SSSR count). The summed E-state index contributed by atoms with van der Waals surface area (Å²) in [7, 11) is 3.70. The Kier molecular flexibility index (Phi) is 4.64. The van der Waals surface area contributed by atoms with Crippen molar-refractivity contribution in [3.63, 3.8) is 0 Å². The summed E-state index contributed by atoms with van der Waals surface area (Å²) in [4.78, 5) is 14.2. The third-order valence-corrected chi connectivity index (χ3v) is 2.93. The van der Waals surface area contributed by atoms with Crippen LogP contribution in [0.15, 0.2) is 0 Å². The van der Waals surface area contributed by atoms with Crippen molar-refractivity contribution in [1.82, 2.24) is 19.8 Å². The molecule has 0 atom stereocenters. The van der Waals surface area contributed by atoms with Gasteiger partial charge in [0, 0.05) is 13.6 Å². The number of nitrogens with one attached hydrogen (secondary N) is 1. The van der Waals surface area contributed by atoms with Crippen molar-refractivity contribution in [2.45, 2.75) is 13.3 Å². The molecular weight excluding hydrogens is 212 g/mol. The summed E-state index contributed by atoms with van der Waals surface area (Å²) in [5, 5.41) is 6.87. The van der Waals surface area contributed by atoms with E-state index in [0.29, 0.717) is 10.6 Å². The molecular formula is C9H16N4OS. The number of carbonyl (C=O) groups excluding carboxylic acids is 1. The monoisotopic (exact) mass is 228 g/mol. The lowest BCUT2D eigenvalue weighted by Gasteiger charge is -2.15. The average molecular weight is 228 g/mol. The zero-order valence-electron chi connectivity index (χ0n) is 9.28. The molecule has 1 aromatic heterocycles. The Morgan fingerprint density at radius 3 is 2.87 bits per heavy atom. The summed E-state index contributed by atoms with van der Waals surface area (Å²) in [5.41, 5.74) is 0.713. The molecule has 1 N–H and O–H groups in total. The van der Waals surface area contributed by atoms with Gasteiger partial charge in [-0.25, -0.2) is 0 Å². The van der Waals surface area contributed by atoms with Crippen molar-refractivity contribution in [1.29, 1.82) is 0 Å². The number of rotatable bonds is 5. The van der Waals surface area contributed by atoms with Crippen LogP contribution in [0.1, 0.15) is 21.8 Å². The van der Waals surface area contributed by atoms with E-state index in [4.69, 9.17) is 0 Å². The van der Waals surface area contributed by atoms with Crippen LogP contribution in [0.2, 0.25) is 0 Å². The van der Waals surface area contributed by atoms with Gasteiger partial charge in [-0.3, -0.25) is 4.79 Å². The van der Waals surface area contributed by atoms with Crippen LogP contribution in [0.25, 0.3) is 0 Å². The predicted molar refractivity (Wildman–Crippen MR) is 60.2 cm³/mol. The van der Waals surface area contributed by atoms with Gasteiger partial charge >= 0.3 is 0 Å². The second-order valence-corrected chi connectivity index (χ2v) is 4.13. The Bertz CT molecular complexity index is 326. The van der Waals surface area contributed by atoms with E-state index in [9.17, 15) is 4.79 Å². The van der Waals surface area contributed by atoms with E-state index in [2.05, 4.69) is 14.9 Å². The smallest absolute Gasteiger partial charge is 0.267 e. The van der Waals surface area contributed by atoms with Gasteiger partial charge in [0.15, 0.2) is 0 Å². The van der Waals surface area contributed by atoms with Gasteiger partial charge in [-0.15, -0.1) is 5.10 Å². The minimum absolute atomic E-state index is 0.0126. The average Bonchev–Trinajstić information content (AvgIpc) is 2.63. The van der Waals surface area contributed by atoms with Crippen LogP contribution in [0.5, 0.6) is 0 Å². The number of hydrogen-bond acceptors (Lipinski definition) is 5. The molecule has 0 aliphatic heterocycles. The number of carbonyl (C=O) groups is 1. The molecule has 0 aliphatic carbocycles. The fraction of sp³-hybridized carbons (Fsp3) is 0.667. The molecule has 1 amide bonds. The zero-order chi connectivity index (χ0) is 11.3. The highest BCUT2D eigenvalue weighted by Gasteiger charge is 2.16. The summed E-state index contributed by atoms with van der Waals surface area (Å²) in [6, 6.07) is 0. The van der Waals surface area contributed by atoms with E-state index in [1.54, 1.807) is 18.9 Å². The van der Waals surface area contributed by atoms with Crippen LogP contribution in [0.3, 0.4) is 0 Å². The molecule has 0 saturated heterocycles. The van der Waals surface area contributed by atoms with Crippen molar-refractivity contribution in [3.05, 3.63) is 10.6 Å². The first kappa shape index (κ1) is 12.1. The van der Waals surface area contributed by atoms with Crippen molar-refractivity contribution in [3.8, 4) is 0 Å². The molecule has 1 heterocycles. The lowest BCUT2D eigenvalue weighted by atomic mass is 10.3. The maximum atomic E-state index is 11.9. The highest BCUT2D eigenvalue weighted by molar-refractivity contribution is 7.07. The van der Waals surface area contributed by atoms with Gasteiger partial charge in [0.1, 0.15) is 4.88 Å². The molecule has 5 nitrogen and oxygen atoms in total. The number of nitrogens with zero attached hydrogens (tertiary/aromatic N) is 3. The predicted octanol–water partition coefficient (Wildman–Crippen LogP) is 0.528. The highest BCUT2D eigenvalue weighted by Crippen LogP contribution is 2.11. The fourth-order valence-electron chi connectivity index (χ4n) is 1.20. The fourth-order valence-corrected chi connectivity index (χ4v) is 1.85. The van der Waals surface area contributed by atoms with Crippen molar-refractivity contribution < 1.29 is 4.79 Å². The maximum absolute atomic E-state index is 11.9. The summed E-state index contributed by atoms with van der Waals surface area (Å²) in [6.07, 6.45) is 0.948. The molecule has 0 unspecified atom stereocenters. The summed E-state index contributed by atoms with van der Waals surface area (Å²) in [6.45, 7) is 3.47. The standard InChI is InChI=1S/C9H16N4OS/c1-7-8(15-12-11-7)9(14)13(3)6-4-5-10-2/h10H,4-6H2,1-3H3. The van der Waals surface area contributed by atoms with Crippen LogP contribution in [0.4, 0.5) is 0 Å². The zero-order valence-corrected chi connectivity index (χ0v) is 10.1. The third-order valence-electron chi connectivity index (χ3n) is 2.11. The quantitative estimate of drug-likeness (QED) is 0.747. The van der Waals surface area contributed by atoms with E-state index in [1.807, 2.05) is 7.05 Å². The maximum Gasteiger partial charge on any atom is 0.267 e. The summed E-state index contributed by atoms with van der Waals surface area (Å²) < 4.78 is 3.75. The number of aromatic nitrogens is 2. The van der Waals surface area contributed by atoms with Crippen LogP contribution in [0, 0.1) is 6.92 Å². The van der Waals surface area contributed by atoms with Crippen LogP contribution >= 0.6 is 11.5 Å². The second-order valence-electron chi connectivity index (χ2n) is 3.37. The number of aryl methyl sites for hydroxylation is 1. The molecule has 0 aliphatic rings. The summed E-state index contributed by atoms with van der Waals surface area (Å²) in [5.74, 6) is 0.0126. The topological polar surface area (TPSA) is 58.1 Å². The lowest BCUT2D eigenvalue weighted by molar-refractivity contribution is 0.0797. The molecule has 0 spiro atoms. The van der Waals surface area contributed by atoms with Gasteiger partial charge in [-0.2, -0.15) is 0 Å². The first-order valence-corrected chi connectivity index (χ1v) is 5.63. The Morgan fingerprint density at radius 1 is 1.60 bits per heavy atom. The van der Waals surface area contributed by atoms with Crippen LogP contribution < -0.4 is 5.32 Å². The molecule has 0 aromatic carbocycles. The van der Waals surface area contributed by atoms with E-state index >= 15 is 0 Å². The van der Waals surface area contributed by atoms with E-state index in [-0.39, 0.29) is 5.91 Å². The van der Waals surface area contributed by atoms with Crippen LogP contribution in [-0.4, -0.2) is 47.6 Å². The second kappa shape index (κ2) is 5.77. The van der Waals surface area contributed by atoms with E-state index in [1.165, 1.54) is 0 Å². The minimum Gasteiger partial charge on any atom is -0.341 e. The van der Waals surface area contributed by atoms with Gasteiger partial charge in [0.05, 0.1) is 5.69 Å². The molecule has 84 valence electrons. The lowest BCUT2D eigenvalue weighted by Crippen LogP contribution is -2.29. The molecule has 1 aromatic rings.